The second kappa shape index (κ2) is 5.07. The molecular formula is C10H16N4O2. The summed E-state index contributed by atoms with van der Waals surface area (Å²) in [6, 6.07) is 0. The van der Waals surface area contributed by atoms with E-state index in [0.717, 1.165) is 6.54 Å². The zero-order chi connectivity index (χ0) is 11.4. The molecule has 0 bridgehead atoms. The van der Waals surface area contributed by atoms with Crippen molar-refractivity contribution in [2.75, 3.05) is 0 Å². The number of nitrogens with zero attached hydrogens (tertiary/aromatic N) is 3. The van der Waals surface area contributed by atoms with Gasteiger partial charge in [0, 0.05) is 6.54 Å². The van der Waals surface area contributed by atoms with Gasteiger partial charge in [0.25, 0.3) is 5.91 Å². The number of hydrogen-bond acceptors (Lipinski definition) is 4. The summed E-state index contributed by atoms with van der Waals surface area (Å²) in [6.07, 6.45) is 7.90. The molecule has 0 atom stereocenters. The van der Waals surface area contributed by atoms with Gasteiger partial charge in [0.2, 0.25) is 0 Å². The Morgan fingerprint density at radius 3 is 2.94 bits per heavy atom. The van der Waals surface area contributed by atoms with E-state index >= 15 is 0 Å². The summed E-state index contributed by atoms with van der Waals surface area (Å²) in [6.45, 7) is 0.811. The standard InChI is InChI=1S/C10H16N4O2/c15-10(12-16)9-7-14(13-11-9)6-8-4-2-1-3-5-8/h7-8,16H,1-6H2,(H,12,15). The molecular weight excluding hydrogens is 208 g/mol. The van der Waals surface area contributed by atoms with Crippen LogP contribution in [0.25, 0.3) is 0 Å². The zero-order valence-corrected chi connectivity index (χ0v) is 9.09. The molecule has 1 heterocycles. The summed E-state index contributed by atoms with van der Waals surface area (Å²) in [5, 5.41) is 16.0. The van der Waals surface area contributed by atoms with Gasteiger partial charge in [-0.1, -0.05) is 24.5 Å². The molecule has 1 aliphatic carbocycles. The van der Waals surface area contributed by atoms with Crippen LogP contribution in [0.5, 0.6) is 0 Å². The number of carbonyl (C=O) groups is 1. The van der Waals surface area contributed by atoms with Crippen molar-refractivity contribution in [2.45, 2.75) is 38.6 Å². The van der Waals surface area contributed by atoms with E-state index in [2.05, 4.69) is 10.3 Å². The van der Waals surface area contributed by atoms with Gasteiger partial charge >= 0.3 is 0 Å². The SMILES string of the molecule is O=C(NO)c1cn(CC2CCCCC2)nn1. The molecule has 88 valence electrons. The smallest absolute Gasteiger partial charge is 0.288 e. The fraction of sp³-hybridized carbons (Fsp3) is 0.700. The Labute approximate surface area is 93.6 Å². The van der Waals surface area contributed by atoms with E-state index in [0.29, 0.717) is 5.92 Å². The van der Waals surface area contributed by atoms with Gasteiger partial charge in [0.15, 0.2) is 5.69 Å². The summed E-state index contributed by atoms with van der Waals surface area (Å²) >= 11 is 0. The number of hydroxylamine groups is 1. The number of aromatic nitrogens is 3. The molecule has 6 nitrogen and oxygen atoms in total. The number of amides is 1. The van der Waals surface area contributed by atoms with Gasteiger partial charge in [-0.3, -0.25) is 14.7 Å². The lowest BCUT2D eigenvalue weighted by atomic mass is 9.89. The van der Waals surface area contributed by atoms with Gasteiger partial charge in [0.1, 0.15) is 0 Å². The zero-order valence-electron chi connectivity index (χ0n) is 9.09. The lowest BCUT2D eigenvalue weighted by Crippen LogP contribution is -2.19. The number of hydrogen-bond donors (Lipinski definition) is 2. The lowest BCUT2D eigenvalue weighted by Gasteiger charge is -2.20. The van der Waals surface area contributed by atoms with Crippen LogP contribution in [0.3, 0.4) is 0 Å². The maximum atomic E-state index is 11.0. The van der Waals surface area contributed by atoms with Gasteiger partial charge in [0.05, 0.1) is 6.20 Å². The second-order valence-electron chi connectivity index (χ2n) is 4.27. The molecule has 1 saturated carbocycles. The van der Waals surface area contributed by atoms with Crippen LogP contribution in [-0.4, -0.2) is 26.1 Å². The molecule has 1 fully saturated rings. The van der Waals surface area contributed by atoms with Crippen molar-refractivity contribution < 1.29 is 10.0 Å². The van der Waals surface area contributed by atoms with Gasteiger partial charge in [-0.2, -0.15) is 0 Å². The maximum Gasteiger partial charge on any atom is 0.296 e. The average Bonchev–Trinajstić information content (AvgIpc) is 2.78. The Bertz CT molecular complexity index is 357. The van der Waals surface area contributed by atoms with Crippen LogP contribution >= 0.6 is 0 Å². The van der Waals surface area contributed by atoms with E-state index in [1.54, 1.807) is 16.4 Å². The molecule has 2 rings (SSSR count). The third kappa shape index (κ3) is 2.57. The van der Waals surface area contributed by atoms with Crippen LogP contribution in [0.15, 0.2) is 6.20 Å². The van der Waals surface area contributed by atoms with Gasteiger partial charge in [-0.15, -0.1) is 5.10 Å². The molecule has 2 N–H and O–H groups in total. The monoisotopic (exact) mass is 224 g/mol. The van der Waals surface area contributed by atoms with Crippen LogP contribution in [0, 0.1) is 5.92 Å². The minimum absolute atomic E-state index is 0.151. The van der Waals surface area contributed by atoms with Gasteiger partial charge < -0.3 is 0 Å². The van der Waals surface area contributed by atoms with Crippen LogP contribution in [0.4, 0.5) is 0 Å². The topological polar surface area (TPSA) is 80.0 Å². The summed E-state index contributed by atoms with van der Waals surface area (Å²) in [4.78, 5) is 11.0. The lowest BCUT2D eigenvalue weighted by molar-refractivity contribution is 0.0700. The maximum absolute atomic E-state index is 11.0. The van der Waals surface area contributed by atoms with Crippen molar-refractivity contribution >= 4 is 5.91 Å². The Morgan fingerprint density at radius 1 is 1.50 bits per heavy atom. The summed E-state index contributed by atoms with van der Waals surface area (Å²) in [5.74, 6) is 0.0235. The Balaban J connectivity index is 1.94. The number of nitrogens with one attached hydrogen (secondary N) is 1. The molecule has 0 aromatic carbocycles. The van der Waals surface area contributed by atoms with Crippen molar-refractivity contribution in [1.82, 2.24) is 20.5 Å². The Kier molecular flexibility index (Phi) is 3.51. The van der Waals surface area contributed by atoms with Crippen molar-refractivity contribution in [3.05, 3.63) is 11.9 Å². The number of rotatable bonds is 3. The number of carbonyl (C=O) groups excluding carboxylic acids is 1. The molecule has 1 amide bonds. The first-order valence-corrected chi connectivity index (χ1v) is 5.64. The van der Waals surface area contributed by atoms with Crippen molar-refractivity contribution in [1.29, 1.82) is 0 Å². The molecule has 0 aliphatic heterocycles. The highest BCUT2D eigenvalue weighted by atomic mass is 16.5. The quantitative estimate of drug-likeness (QED) is 0.592. The minimum atomic E-state index is -0.616. The molecule has 6 heteroatoms. The van der Waals surface area contributed by atoms with E-state index < -0.39 is 5.91 Å². The first kappa shape index (κ1) is 11.1. The van der Waals surface area contributed by atoms with E-state index in [1.807, 2.05) is 0 Å². The molecule has 1 aromatic rings. The van der Waals surface area contributed by atoms with Gasteiger partial charge in [-0.25, -0.2) is 5.48 Å². The predicted octanol–water partition coefficient (Wildman–Crippen LogP) is 0.977. The predicted molar refractivity (Wildman–Crippen MR) is 55.8 cm³/mol. The average molecular weight is 224 g/mol. The highest BCUT2D eigenvalue weighted by Crippen LogP contribution is 2.24. The van der Waals surface area contributed by atoms with Crippen LogP contribution < -0.4 is 5.48 Å². The first-order valence-electron chi connectivity index (χ1n) is 5.64. The fourth-order valence-electron chi connectivity index (χ4n) is 2.18. The third-order valence-electron chi connectivity index (χ3n) is 3.04. The molecule has 0 saturated heterocycles. The molecule has 0 unspecified atom stereocenters. The largest absolute Gasteiger partial charge is 0.296 e. The fourth-order valence-corrected chi connectivity index (χ4v) is 2.18. The summed E-state index contributed by atoms with van der Waals surface area (Å²) < 4.78 is 1.68. The molecule has 0 spiro atoms. The van der Waals surface area contributed by atoms with E-state index in [-0.39, 0.29) is 5.69 Å². The normalized spacial score (nSPS) is 17.3. The second-order valence-corrected chi connectivity index (χ2v) is 4.27. The van der Waals surface area contributed by atoms with E-state index in [9.17, 15) is 4.79 Å². The van der Waals surface area contributed by atoms with Crippen molar-refractivity contribution in [2.24, 2.45) is 5.92 Å². The highest BCUT2D eigenvalue weighted by molar-refractivity contribution is 5.90. The Hall–Kier alpha value is -1.43. The first-order chi connectivity index (χ1) is 7.79. The molecule has 16 heavy (non-hydrogen) atoms. The summed E-state index contributed by atoms with van der Waals surface area (Å²) in [5.41, 5.74) is 1.69. The Morgan fingerprint density at radius 2 is 2.25 bits per heavy atom. The van der Waals surface area contributed by atoms with Crippen molar-refractivity contribution in [3.63, 3.8) is 0 Å². The third-order valence-corrected chi connectivity index (χ3v) is 3.04. The minimum Gasteiger partial charge on any atom is -0.288 e. The highest BCUT2D eigenvalue weighted by Gasteiger charge is 2.16. The van der Waals surface area contributed by atoms with E-state index in [1.165, 1.54) is 32.1 Å². The van der Waals surface area contributed by atoms with Crippen LogP contribution in [0.2, 0.25) is 0 Å². The molecule has 1 aromatic heterocycles. The van der Waals surface area contributed by atoms with Crippen molar-refractivity contribution in [3.8, 4) is 0 Å². The molecule has 0 radical (unpaired) electrons. The van der Waals surface area contributed by atoms with Crippen LogP contribution in [-0.2, 0) is 6.54 Å². The summed E-state index contributed by atoms with van der Waals surface area (Å²) in [7, 11) is 0. The van der Waals surface area contributed by atoms with Gasteiger partial charge in [-0.05, 0) is 18.8 Å². The van der Waals surface area contributed by atoms with Crippen LogP contribution in [0.1, 0.15) is 42.6 Å². The molecule has 1 aliphatic rings. The van der Waals surface area contributed by atoms with E-state index in [4.69, 9.17) is 5.21 Å².